The Morgan fingerprint density at radius 3 is 2.60 bits per heavy atom. The van der Waals surface area contributed by atoms with Gasteiger partial charge in [0.2, 0.25) is 0 Å². The Kier molecular flexibility index (Phi) is 3.28. The van der Waals surface area contributed by atoms with Gasteiger partial charge in [0.1, 0.15) is 5.69 Å². The lowest BCUT2D eigenvalue weighted by molar-refractivity contribution is 0.0996. The van der Waals surface area contributed by atoms with Crippen molar-refractivity contribution in [2.75, 3.05) is 38.1 Å². The third-order valence-electron chi connectivity index (χ3n) is 3.79. The van der Waals surface area contributed by atoms with Gasteiger partial charge in [0.25, 0.3) is 5.91 Å². The number of pyridine rings is 1. The van der Waals surface area contributed by atoms with Gasteiger partial charge in [-0.3, -0.25) is 4.79 Å². The Balaban J connectivity index is 2.10. The molecule has 3 rings (SSSR count). The monoisotopic (exact) mass is 270 g/mol. The summed E-state index contributed by atoms with van der Waals surface area (Å²) in [4.78, 5) is 20.4. The molecule has 5 heteroatoms. The molecule has 20 heavy (non-hydrogen) atoms. The van der Waals surface area contributed by atoms with Gasteiger partial charge >= 0.3 is 0 Å². The molecular formula is C15H18N4O. The molecule has 1 aromatic carbocycles. The van der Waals surface area contributed by atoms with E-state index in [4.69, 9.17) is 5.73 Å². The number of carbonyl (C=O) groups excluding carboxylic acids is 1. The third-order valence-corrected chi connectivity index (χ3v) is 3.79. The van der Waals surface area contributed by atoms with E-state index in [0.717, 1.165) is 42.8 Å². The van der Waals surface area contributed by atoms with Crippen LogP contribution in [0.2, 0.25) is 0 Å². The Labute approximate surface area is 118 Å². The highest BCUT2D eigenvalue weighted by Gasteiger charge is 2.18. The van der Waals surface area contributed by atoms with Crippen molar-refractivity contribution in [3.63, 3.8) is 0 Å². The highest BCUT2D eigenvalue weighted by molar-refractivity contribution is 5.99. The van der Waals surface area contributed by atoms with E-state index in [2.05, 4.69) is 21.8 Å². The van der Waals surface area contributed by atoms with Crippen LogP contribution < -0.4 is 10.6 Å². The Bertz CT molecular complexity index is 647. The number of primary amides is 1. The fourth-order valence-corrected chi connectivity index (χ4v) is 2.59. The number of fused-ring (bicyclic) bond motifs is 1. The van der Waals surface area contributed by atoms with Crippen LogP contribution in [0.15, 0.2) is 30.3 Å². The van der Waals surface area contributed by atoms with E-state index in [-0.39, 0.29) is 0 Å². The minimum atomic E-state index is -0.480. The first-order valence-electron chi connectivity index (χ1n) is 6.78. The van der Waals surface area contributed by atoms with Gasteiger partial charge in [-0.05, 0) is 19.2 Å². The number of anilines is 1. The van der Waals surface area contributed by atoms with E-state index in [0.29, 0.717) is 5.69 Å². The number of rotatable bonds is 2. The zero-order valence-corrected chi connectivity index (χ0v) is 11.5. The van der Waals surface area contributed by atoms with Crippen molar-refractivity contribution in [3.8, 4) is 0 Å². The lowest BCUT2D eigenvalue weighted by Crippen LogP contribution is -2.44. The van der Waals surface area contributed by atoms with Crippen LogP contribution in [0.3, 0.4) is 0 Å². The van der Waals surface area contributed by atoms with Gasteiger partial charge in [0.05, 0.1) is 5.52 Å². The molecule has 0 bridgehead atoms. The molecule has 104 valence electrons. The van der Waals surface area contributed by atoms with Crippen molar-refractivity contribution in [2.24, 2.45) is 5.73 Å². The minimum Gasteiger partial charge on any atom is -0.368 e. The summed E-state index contributed by atoms with van der Waals surface area (Å²) < 4.78 is 0. The van der Waals surface area contributed by atoms with Gasteiger partial charge in [-0.25, -0.2) is 4.98 Å². The fourth-order valence-electron chi connectivity index (χ4n) is 2.59. The topological polar surface area (TPSA) is 62.5 Å². The van der Waals surface area contributed by atoms with Gasteiger partial charge in [0, 0.05) is 37.3 Å². The fraction of sp³-hybridized carbons (Fsp3) is 0.333. The van der Waals surface area contributed by atoms with Gasteiger partial charge in [-0.1, -0.05) is 18.2 Å². The number of nitrogens with zero attached hydrogens (tertiary/aromatic N) is 3. The number of nitrogens with two attached hydrogens (primary N) is 1. The summed E-state index contributed by atoms with van der Waals surface area (Å²) in [6.07, 6.45) is 0. The SMILES string of the molecule is CN1CCN(c2cc(C(N)=O)nc3ccccc23)CC1. The zero-order valence-electron chi connectivity index (χ0n) is 11.5. The van der Waals surface area contributed by atoms with E-state index in [1.54, 1.807) is 0 Å². The van der Waals surface area contributed by atoms with E-state index in [9.17, 15) is 4.79 Å². The molecule has 0 atom stereocenters. The van der Waals surface area contributed by atoms with Crippen LogP contribution in [0.1, 0.15) is 10.5 Å². The first-order chi connectivity index (χ1) is 9.65. The molecule has 1 aliphatic heterocycles. The highest BCUT2D eigenvalue weighted by atomic mass is 16.1. The Morgan fingerprint density at radius 2 is 1.90 bits per heavy atom. The number of hydrogen-bond donors (Lipinski definition) is 1. The first-order valence-corrected chi connectivity index (χ1v) is 6.78. The van der Waals surface area contributed by atoms with Crippen LogP contribution in [0.25, 0.3) is 10.9 Å². The lowest BCUT2D eigenvalue weighted by atomic mass is 10.1. The van der Waals surface area contributed by atoms with Crippen LogP contribution in [0.4, 0.5) is 5.69 Å². The summed E-state index contributed by atoms with van der Waals surface area (Å²) in [5.41, 5.74) is 7.60. The summed E-state index contributed by atoms with van der Waals surface area (Å²) in [7, 11) is 2.12. The van der Waals surface area contributed by atoms with E-state index in [1.165, 1.54) is 0 Å². The third kappa shape index (κ3) is 2.32. The maximum atomic E-state index is 11.5. The molecule has 2 aromatic rings. The van der Waals surface area contributed by atoms with Crippen LogP contribution in [0.5, 0.6) is 0 Å². The second-order valence-electron chi connectivity index (χ2n) is 5.20. The lowest BCUT2D eigenvalue weighted by Gasteiger charge is -2.34. The summed E-state index contributed by atoms with van der Waals surface area (Å²) in [6, 6.07) is 9.69. The number of likely N-dealkylation sites (N-methyl/N-ethyl adjacent to an activating group) is 1. The van der Waals surface area contributed by atoms with Crippen molar-refractivity contribution in [2.45, 2.75) is 0 Å². The van der Waals surface area contributed by atoms with Crippen molar-refractivity contribution in [3.05, 3.63) is 36.0 Å². The summed E-state index contributed by atoms with van der Waals surface area (Å²) in [5.74, 6) is -0.480. The van der Waals surface area contributed by atoms with Crippen molar-refractivity contribution in [1.82, 2.24) is 9.88 Å². The average molecular weight is 270 g/mol. The molecule has 0 saturated carbocycles. The maximum absolute atomic E-state index is 11.5. The predicted octanol–water partition coefficient (Wildman–Crippen LogP) is 1.09. The Morgan fingerprint density at radius 1 is 1.20 bits per heavy atom. The number of carbonyl (C=O) groups is 1. The van der Waals surface area contributed by atoms with Crippen LogP contribution in [-0.4, -0.2) is 49.0 Å². The van der Waals surface area contributed by atoms with Gasteiger partial charge in [-0.2, -0.15) is 0 Å². The zero-order chi connectivity index (χ0) is 14.1. The van der Waals surface area contributed by atoms with Crippen molar-refractivity contribution in [1.29, 1.82) is 0 Å². The molecule has 0 unspecified atom stereocenters. The number of hydrogen-bond acceptors (Lipinski definition) is 4. The molecular weight excluding hydrogens is 252 g/mol. The second kappa shape index (κ2) is 5.09. The maximum Gasteiger partial charge on any atom is 0.267 e. The van der Waals surface area contributed by atoms with Gasteiger partial charge in [0.15, 0.2) is 0 Å². The van der Waals surface area contributed by atoms with Crippen molar-refractivity contribution >= 4 is 22.5 Å². The van der Waals surface area contributed by atoms with Gasteiger partial charge < -0.3 is 15.5 Å². The molecule has 0 aliphatic carbocycles. The van der Waals surface area contributed by atoms with Crippen LogP contribution in [-0.2, 0) is 0 Å². The normalized spacial score (nSPS) is 16.6. The number of aromatic nitrogens is 1. The summed E-state index contributed by atoms with van der Waals surface area (Å²) >= 11 is 0. The van der Waals surface area contributed by atoms with Crippen LogP contribution in [0, 0.1) is 0 Å². The number of amides is 1. The Hall–Kier alpha value is -2.14. The molecule has 2 heterocycles. The molecule has 1 amide bonds. The molecule has 5 nitrogen and oxygen atoms in total. The molecule has 1 saturated heterocycles. The molecule has 0 spiro atoms. The van der Waals surface area contributed by atoms with E-state index in [1.807, 2.05) is 30.3 Å². The molecule has 1 fully saturated rings. The largest absolute Gasteiger partial charge is 0.368 e. The first kappa shape index (κ1) is 12.9. The molecule has 2 N–H and O–H groups in total. The average Bonchev–Trinajstić information content (AvgIpc) is 2.47. The number of benzene rings is 1. The summed E-state index contributed by atoms with van der Waals surface area (Å²) in [6.45, 7) is 3.93. The predicted molar refractivity (Wildman–Crippen MR) is 80.0 cm³/mol. The molecule has 0 radical (unpaired) electrons. The standard InChI is InChI=1S/C15H18N4O/c1-18-6-8-19(9-7-18)14-10-13(15(16)20)17-12-5-3-2-4-11(12)14/h2-5,10H,6-9H2,1H3,(H2,16,20). The van der Waals surface area contributed by atoms with E-state index < -0.39 is 5.91 Å². The van der Waals surface area contributed by atoms with Gasteiger partial charge in [-0.15, -0.1) is 0 Å². The minimum absolute atomic E-state index is 0.331. The van der Waals surface area contributed by atoms with Crippen molar-refractivity contribution < 1.29 is 4.79 Å². The smallest absolute Gasteiger partial charge is 0.267 e. The summed E-state index contributed by atoms with van der Waals surface area (Å²) in [5, 5.41) is 1.07. The molecule has 1 aromatic heterocycles. The second-order valence-corrected chi connectivity index (χ2v) is 5.20. The molecule has 1 aliphatic rings. The number of para-hydroxylation sites is 1. The highest BCUT2D eigenvalue weighted by Crippen LogP contribution is 2.27. The van der Waals surface area contributed by atoms with E-state index >= 15 is 0 Å². The quantitative estimate of drug-likeness (QED) is 0.887. The van der Waals surface area contributed by atoms with Crippen LogP contribution >= 0.6 is 0 Å². The number of piperazine rings is 1.